The van der Waals surface area contributed by atoms with Gasteiger partial charge in [0.25, 0.3) is 0 Å². The molecule has 1 saturated carbocycles. The molecule has 1 fully saturated rings. The summed E-state index contributed by atoms with van der Waals surface area (Å²) in [6.07, 6.45) is 6.29. The standard InChI is InChI=1S/C13H18ClNO2/c1-13(2)6-4-3-5-11(13)15-8-9(14)7-10(15)12(16)17/h7-8,11H,3-6H2,1-2H3,(H,16,17). The van der Waals surface area contributed by atoms with Gasteiger partial charge >= 0.3 is 5.97 Å². The highest BCUT2D eigenvalue weighted by molar-refractivity contribution is 6.30. The Balaban J connectivity index is 2.41. The molecule has 1 aromatic heterocycles. The molecule has 4 heteroatoms. The van der Waals surface area contributed by atoms with Crippen LogP contribution in [0.15, 0.2) is 12.3 Å². The van der Waals surface area contributed by atoms with E-state index in [1.807, 2.05) is 4.57 Å². The van der Waals surface area contributed by atoms with Gasteiger partial charge in [0.05, 0.1) is 5.02 Å². The molecular formula is C13H18ClNO2. The van der Waals surface area contributed by atoms with E-state index in [-0.39, 0.29) is 11.5 Å². The zero-order chi connectivity index (χ0) is 12.6. The molecule has 94 valence electrons. The number of aromatic carboxylic acids is 1. The first-order valence-electron chi connectivity index (χ1n) is 6.02. The molecule has 0 saturated heterocycles. The fourth-order valence-electron chi connectivity index (χ4n) is 2.87. The Bertz CT molecular complexity index is 437. The molecule has 2 rings (SSSR count). The first kappa shape index (κ1) is 12.5. The Morgan fingerprint density at radius 3 is 2.82 bits per heavy atom. The maximum atomic E-state index is 11.2. The minimum Gasteiger partial charge on any atom is -0.477 e. The van der Waals surface area contributed by atoms with Crippen LogP contribution in [-0.2, 0) is 0 Å². The summed E-state index contributed by atoms with van der Waals surface area (Å²) in [5.41, 5.74) is 0.431. The summed E-state index contributed by atoms with van der Waals surface area (Å²) >= 11 is 5.94. The van der Waals surface area contributed by atoms with Crippen LogP contribution in [0.1, 0.15) is 56.1 Å². The Hall–Kier alpha value is -0.960. The van der Waals surface area contributed by atoms with Gasteiger partial charge in [0.2, 0.25) is 0 Å². The van der Waals surface area contributed by atoms with Gasteiger partial charge in [-0.05, 0) is 24.3 Å². The van der Waals surface area contributed by atoms with Crippen LogP contribution in [0.5, 0.6) is 0 Å². The van der Waals surface area contributed by atoms with Crippen LogP contribution in [0.4, 0.5) is 0 Å². The second-order valence-corrected chi connectivity index (χ2v) is 5.94. The Labute approximate surface area is 106 Å². The predicted molar refractivity (Wildman–Crippen MR) is 67.7 cm³/mol. The lowest BCUT2D eigenvalue weighted by Crippen LogP contribution is -2.31. The highest BCUT2D eigenvalue weighted by Crippen LogP contribution is 2.44. The van der Waals surface area contributed by atoms with Crippen LogP contribution >= 0.6 is 11.6 Å². The molecule has 0 aliphatic heterocycles. The van der Waals surface area contributed by atoms with Gasteiger partial charge in [0.1, 0.15) is 5.69 Å². The second kappa shape index (κ2) is 4.37. The van der Waals surface area contributed by atoms with Gasteiger partial charge < -0.3 is 9.67 Å². The molecule has 1 heterocycles. The fourth-order valence-corrected chi connectivity index (χ4v) is 3.07. The van der Waals surface area contributed by atoms with Crippen molar-refractivity contribution in [3.05, 3.63) is 23.0 Å². The topological polar surface area (TPSA) is 42.2 Å². The van der Waals surface area contributed by atoms with Gasteiger partial charge in [-0.25, -0.2) is 4.79 Å². The summed E-state index contributed by atoms with van der Waals surface area (Å²) in [6.45, 7) is 4.41. The molecule has 0 amide bonds. The van der Waals surface area contributed by atoms with Gasteiger partial charge in [0, 0.05) is 12.2 Å². The summed E-state index contributed by atoms with van der Waals surface area (Å²) in [5, 5.41) is 9.70. The number of halogens is 1. The van der Waals surface area contributed by atoms with E-state index in [0.29, 0.717) is 10.7 Å². The number of carbonyl (C=O) groups is 1. The van der Waals surface area contributed by atoms with Crippen LogP contribution < -0.4 is 0 Å². The Morgan fingerprint density at radius 1 is 1.53 bits per heavy atom. The van der Waals surface area contributed by atoms with E-state index in [2.05, 4.69) is 13.8 Å². The smallest absolute Gasteiger partial charge is 0.352 e. The minimum absolute atomic E-state index is 0.130. The van der Waals surface area contributed by atoms with Crippen LogP contribution in [0.3, 0.4) is 0 Å². The molecule has 0 radical (unpaired) electrons. The van der Waals surface area contributed by atoms with E-state index in [1.165, 1.54) is 12.5 Å². The van der Waals surface area contributed by atoms with E-state index in [0.717, 1.165) is 19.3 Å². The van der Waals surface area contributed by atoms with Gasteiger partial charge in [-0.1, -0.05) is 38.3 Å². The first-order valence-corrected chi connectivity index (χ1v) is 6.40. The molecule has 0 aromatic carbocycles. The van der Waals surface area contributed by atoms with Gasteiger partial charge in [-0.3, -0.25) is 0 Å². The number of aromatic nitrogens is 1. The summed E-state index contributed by atoms with van der Waals surface area (Å²) in [6, 6.07) is 1.77. The van der Waals surface area contributed by atoms with Crippen molar-refractivity contribution in [3.63, 3.8) is 0 Å². The van der Waals surface area contributed by atoms with Crippen molar-refractivity contribution in [2.24, 2.45) is 5.41 Å². The van der Waals surface area contributed by atoms with E-state index in [4.69, 9.17) is 11.6 Å². The van der Waals surface area contributed by atoms with E-state index in [9.17, 15) is 9.90 Å². The molecule has 1 aliphatic carbocycles. The summed E-state index contributed by atoms with van der Waals surface area (Å²) in [7, 11) is 0. The highest BCUT2D eigenvalue weighted by atomic mass is 35.5. The van der Waals surface area contributed by atoms with Gasteiger partial charge in [-0.15, -0.1) is 0 Å². The lowest BCUT2D eigenvalue weighted by atomic mass is 9.73. The number of carboxylic acids is 1. The number of hydrogen-bond acceptors (Lipinski definition) is 1. The maximum Gasteiger partial charge on any atom is 0.352 e. The lowest BCUT2D eigenvalue weighted by Gasteiger charge is -2.40. The van der Waals surface area contributed by atoms with Crippen LogP contribution in [0, 0.1) is 5.41 Å². The van der Waals surface area contributed by atoms with Crippen molar-refractivity contribution < 1.29 is 9.90 Å². The minimum atomic E-state index is -0.904. The van der Waals surface area contributed by atoms with Crippen molar-refractivity contribution in [2.75, 3.05) is 0 Å². The number of carboxylic acid groups (broad SMARTS) is 1. The molecule has 1 atom stereocenters. The summed E-state index contributed by atoms with van der Waals surface area (Å²) < 4.78 is 1.85. The molecule has 0 bridgehead atoms. The Morgan fingerprint density at radius 2 is 2.24 bits per heavy atom. The molecular weight excluding hydrogens is 238 g/mol. The highest BCUT2D eigenvalue weighted by Gasteiger charge is 2.35. The second-order valence-electron chi connectivity index (χ2n) is 5.51. The van der Waals surface area contributed by atoms with Crippen LogP contribution in [0.2, 0.25) is 5.02 Å². The van der Waals surface area contributed by atoms with E-state index < -0.39 is 5.97 Å². The van der Waals surface area contributed by atoms with Crippen LogP contribution in [-0.4, -0.2) is 15.6 Å². The van der Waals surface area contributed by atoms with E-state index in [1.54, 1.807) is 6.20 Å². The third kappa shape index (κ3) is 2.34. The molecule has 1 aliphatic rings. The number of hydrogen-bond donors (Lipinski definition) is 1. The van der Waals surface area contributed by atoms with Gasteiger partial charge in [-0.2, -0.15) is 0 Å². The molecule has 3 nitrogen and oxygen atoms in total. The van der Waals surface area contributed by atoms with Crippen molar-refractivity contribution in [1.29, 1.82) is 0 Å². The molecule has 1 N–H and O–H groups in total. The average Bonchev–Trinajstić information content (AvgIpc) is 2.59. The quantitative estimate of drug-likeness (QED) is 0.869. The maximum absolute atomic E-state index is 11.2. The van der Waals surface area contributed by atoms with E-state index >= 15 is 0 Å². The number of nitrogens with zero attached hydrogens (tertiary/aromatic N) is 1. The number of rotatable bonds is 2. The summed E-state index contributed by atoms with van der Waals surface area (Å²) in [4.78, 5) is 11.2. The van der Waals surface area contributed by atoms with Crippen molar-refractivity contribution in [2.45, 2.75) is 45.6 Å². The van der Waals surface area contributed by atoms with Crippen LogP contribution in [0.25, 0.3) is 0 Å². The molecule has 17 heavy (non-hydrogen) atoms. The molecule has 0 spiro atoms. The zero-order valence-corrected chi connectivity index (χ0v) is 11.0. The third-order valence-corrected chi connectivity index (χ3v) is 4.03. The lowest BCUT2D eigenvalue weighted by molar-refractivity contribution is 0.0666. The molecule has 1 unspecified atom stereocenters. The normalized spacial score (nSPS) is 23.6. The summed E-state index contributed by atoms with van der Waals surface area (Å²) in [5.74, 6) is -0.904. The monoisotopic (exact) mass is 255 g/mol. The zero-order valence-electron chi connectivity index (χ0n) is 10.2. The average molecular weight is 256 g/mol. The Kier molecular flexibility index (Phi) is 3.21. The largest absolute Gasteiger partial charge is 0.477 e. The van der Waals surface area contributed by atoms with Crippen molar-refractivity contribution in [3.8, 4) is 0 Å². The predicted octanol–water partition coefficient (Wildman–Crippen LogP) is 3.98. The van der Waals surface area contributed by atoms with Crippen molar-refractivity contribution >= 4 is 17.6 Å². The fraction of sp³-hybridized carbons (Fsp3) is 0.615. The van der Waals surface area contributed by atoms with Gasteiger partial charge in [0.15, 0.2) is 0 Å². The van der Waals surface area contributed by atoms with Crippen molar-refractivity contribution in [1.82, 2.24) is 4.57 Å². The molecule has 1 aromatic rings. The first-order chi connectivity index (χ1) is 7.92. The SMILES string of the molecule is CC1(C)CCCCC1n1cc(Cl)cc1C(=O)O. The third-order valence-electron chi connectivity index (χ3n) is 3.82.